The van der Waals surface area contributed by atoms with Crippen LogP contribution in [0.2, 0.25) is 0 Å². The lowest BCUT2D eigenvalue weighted by Crippen LogP contribution is -2.42. The number of hydrogen-bond acceptors (Lipinski definition) is 5. The van der Waals surface area contributed by atoms with Gasteiger partial charge in [-0.15, -0.1) is 13.2 Å². The summed E-state index contributed by atoms with van der Waals surface area (Å²) in [7, 11) is 1.65. The zero-order valence-corrected chi connectivity index (χ0v) is 18.0. The summed E-state index contributed by atoms with van der Waals surface area (Å²) in [5.41, 5.74) is 0.991. The van der Waals surface area contributed by atoms with Crippen molar-refractivity contribution in [3.8, 4) is 5.75 Å². The Morgan fingerprint density at radius 2 is 1.88 bits per heavy atom. The van der Waals surface area contributed by atoms with Crippen LogP contribution < -0.4 is 4.74 Å². The fourth-order valence-electron chi connectivity index (χ4n) is 3.45. The topological polar surface area (TPSA) is 76.9 Å². The Bertz CT molecular complexity index is 943. The van der Waals surface area contributed by atoms with Crippen molar-refractivity contribution in [2.24, 2.45) is 7.05 Å². The number of ether oxygens (including phenoxy) is 2. The number of alkyl halides is 3. The van der Waals surface area contributed by atoms with Crippen LogP contribution in [0, 0.1) is 0 Å². The van der Waals surface area contributed by atoms with Gasteiger partial charge in [-0.3, -0.25) is 14.3 Å². The summed E-state index contributed by atoms with van der Waals surface area (Å²) in [6.45, 7) is 4.27. The van der Waals surface area contributed by atoms with Crippen molar-refractivity contribution in [3.05, 3.63) is 47.8 Å². The number of hydrogen-bond donors (Lipinski definition) is 0. The third-order valence-electron chi connectivity index (χ3n) is 5.06. The molecule has 1 aliphatic rings. The molecule has 0 unspecified atom stereocenters. The number of halogens is 3. The number of carbonyl (C=O) groups excluding carboxylic acids is 2. The van der Waals surface area contributed by atoms with Crippen molar-refractivity contribution in [2.75, 3.05) is 19.6 Å². The van der Waals surface area contributed by atoms with E-state index in [1.807, 2.05) is 13.8 Å². The normalized spacial score (nSPS) is 17.6. The van der Waals surface area contributed by atoms with Crippen LogP contribution in [0.25, 0.3) is 0 Å². The van der Waals surface area contributed by atoms with E-state index in [0.29, 0.717) is 17.8 Å². The standard InChI is InChI=1S/C21H25F3N4O4/c1-14(2)28-11-17(31-13-15-4-6-16(7-5-15)32-21(22,23)24)10-27(12-19(28)29)20(30)18-8-9-25-26(18)3/h4-9,14,17H,10-13H2,1-3H3/t17-/m0/s1. The minimum absolute atomic E-state index is 0.0778. The SMILES string of the molecule is CC(C)N1C[C@@H](OCc2ccc(OC(F)(F)F)cc2)CN(C(=O)c2ccnn2C)CC1=O. The highest BCUT2D eigenvalue weighted by atomic mass is 19.4. The molecule has 0 bridgehead atoms. The number of carbonyl (C=O) groups is 2. The van der Waals surface area contributed by atoms with Crippen LogP contribution in [-0.2, 0) is 23.2 Å². The maximum Gasteiger partial charge on any atom is 0.573 e. The number of rotatable bonds is 6. The monoisotopic (exact) mass is 454 g/mol. The van der Waals surface area contributed by atoms with Gasteiger partial charge >= 0.3 is 6.36 Å². The predicted molar refractivity (Wildman–Crippen MR) is 108 cm³/mol. The van der Waals surface area contributed by atoms with Crippen LogP contribution in [0.1, 0.15) is 29.9 Å². The number of nitrogens with zero attached hydrogens (tertiary/aromatic N) is 4. The third kappa shape index (κ3) is 6.00. The molecule has 1 aromatic carbocycles. The number of benzene rings is 1. The first-order valence-electron chi connectivity index (χ1n) is 10.1. The van der Waals surface area contributed by atoms with E-state index in [2.05, 4.69) is 9.84 Å². The molecule has 1 aliphatic heterocycles. The first-order chi connectivity index (χ1) is 15.0. The minimum Gasteiger partial charge on any atom is -0.406 e. The lowest BCUT2D eigenvalue weighted by atomic mass is 10.2. The molecule has 8 nitrogen and oxygen atoms in total. The Morgan fingerprint density at radius 3 is 2.44 bits per heavy atom. The number of aromatic nitrogens is 2. The molecule has 0 radical (unpaired) electrons. The van der Waals surface area contributed by atoms with Crippen LogP contribution in [-0.4, -0.2) is 69.5 Å². The van der Waals surface area contributed by atoms with Gasteiger partial charge in [-0.25, -0.2) is 0 Å². The summed E-state index contributed by atoms with van der Waals surface area (Å²) in [6, 6.07) is 6.86. The molecule has 2 amide bonds. The van der Waals surface area contributed by atoms with E-state index in [-0.39, 0.29) is 43.3 Å². The van der Waals surface area contributed by atoms with Gasteiger partial charge in [0.15, 0.2) is 0 Å². The summed E-state index contributed by atoms with van der Waals surface area (Å²) >= 11 is 0. The maximum absolute atomic E-state index is 13.0. The Hall–Kier alpha value is -3.08. The molecule has 3 rings (SSSR count). The first-order valence-corrected chi connectivity index (χ1v) is 10.1. The van der Waals surface area contributed by atoms with E-state index in [4.69, 9.17) is 4.74 Å². The van der Waals surface area contributed by atoms with Crippen molar-refractivity contribution in [3.63, 3.8) is 0 Å². The van der Waals surface area contributed by atoms with Gasteiger partial charge < -0.3 is 19.3 Å². The summed E-state index contributed by atoms with van der Waals surface area (Å²) in [5, 5.41) is 4.00. The molecule has 1 atom stereocenters. The lowest BCUT2D eigenvalue weighted by Gasteiger charge is -2.27. The third-order valence-corrected chi connectivity index (χ3v) is 5.06. The zero-order valence-electron chi connectivity index (χ0n) is 18.0. The molecule has 174 valence electrons. The van der Waals surface area contributed by atoms with Gasteiger partial charge in [-0.1, -0.05) is 12.1 Å². The van der Waals surface area contributed by atoms with E-state index in [1.54, 1.807) is 18.0 Å². The molecule has 32 heavy (non-hydrogen) atoms. The van der Waals surface area contributed by atoms with E-state index in [9.17, 15) is 22.8 Å². The molecule has 0 saturated carbocycles. The molecule has 1 saturated heterocycles. The summed E-state index contributed by atoms with van der Waals surface area (Å²) in [5.74, 6) is -0.832. The molecule has 1 aromatic heterocycles. The van der Waals surface area contributed by atoms with Crippen LogP contribution >= 0.6 is 0 Å². The highest BCUT2D eigenvalue weighted by molar-refractivity contribution is 5.95. The van der Waals surface area contributed by atoms with Gasteiger partial charge in [0.25, 0.3) is 5.91 Å². The Labute approximate surface area is 183 Å². The van der Waals surface area contributed by atoms with Crippen molar-refractivity contribution in [2.45, 2.75) is 39.0 Å². The highest BCUT2D eigenvalue weighted by Gasteiger charge is 2.33. The molecule has 0 N–H and O–H groups in total. The average Bonchev–Trinajstić information content (AvgIpc) is 3.05. The highest BCUT2D eigenvalue weighted by Crippen LogP contribution is 2.23. The second-order valence-corrected chi connectivity index (χ2v) is 7.79. The second-order valence-electron chi connectivity index (χ2n) is 7.79. The molecule has 0 spiro atoms. The first kappa shape index (κ1) is 23.6. The van der Waals surface area contributed by atoms with Gasteiger partial charge in [-0.05, 0) is 37.6 Å². The Kier molecular flexibility index (Phi) is 7.07. The summed E-state index contributed by atoms with van der Waals surface area (Å²) in [6.07, 6.45) is -3.73. The van der Waals surface area contributed by atoms with Crippen LogP contribution in [0.15, 0.2) is 36.5 Å². The number of aryl methyl sites for hydroxylation is 1. The van der Waals surface area contributed by atoms with Gasteiger partial charge in [0.2, 0.25) is 5.91 Å². The number of amides is 2. The largest absolute Gasteiger partial charge is 0.573 e. The van der Waals surface area contributed by atoms with E-state index in [0.717, 1.165) is 0 Å². The van der Waals surface area contributed by atoms with Crippen LogP contribution in [0.3, 0.4) is 0 Å². The fourth-order valence-corrected chi connectivity index (χ4v) is 3.45. The molecule has 11 heteroatoms. The van der Waals surface area contributed by atoms with Gasteiger partial charge in [0, 0.05) is 32.4 Å². The molecular weight excluding hydrogens is 429 g/mol. The molecule has 0 aliphatic carbocycles. The predicted octanol–water partition coefficient (Wildman–Crippen LogP) is 2.60. The average molecular weight is 454 g/mol. The fraction of sp³-hybridized carbons (Fsp3) is 0.476. The van der Waals surface area contributed by atoms with Crippen LogP contribution in [0.4, 0.5) is 13.2 Å². The summed E-state index contributed by atoms with van der Waals surface area (Å²) in [4.78, 5) is 28.8. The summed E-state index contributed by atoms with van der Waals surface area (Å²) < 4.78 is 48.2. The second kappa shape index (κ2) is 9.60. The Morgan fingerprint density at radius 1 is 1.19 bits per heavy atom. The zero-order chi connectivity index (χ0) is 23.5. The molecule has 2 heterocycles. The van der Waals surface area contributed by atoms with E-state index in [1.165, 1.54) is 40.0 Å². The van der Waals surface area contributed by atoms with Gasteiger partial charge in [0.05, 0.1) is 12.7 Å². The Balaban J connectivity index is 1.71. The van der Waals surface area contributed by atoms with Gasteiger partial charge in [0.1, 0.15) is 18.0 Å². The molecular formula is C21H25F3N4O4. The van der Waals surface area contributed by atoms with Crippen molar-refractivity contribution in [1.82, 2.24) is 19.6 Å². The molecule has 2 aromatic rings. The lowest BCUT2D eigenvalue weighted by molar-refractivity contribution is -0.274. The smallest absolute Gasteiger partial charge is 0.406 e. The van der Waals surface area contributed by atoms with Crippen LogP contribution in [0.5, 0.6) is 5.75 Å². The molecule has 1 fully saturated rings. The van der Waals surface area contributed by atoms with Crippen molar-refractivity contribution in [1.29, 1.82) is 0 Å². The van der Waals surface area contributed by atoms with E-state index < -0.39 is 12.5 Å². The van der Waals surface area contributed by atoms with E-state index >= 15 is 0 Å². The van der Waals surface area contributed by atoms with Crippen molar-refractivity contribution >= 4 is 11.8 Å². The van der Waals surface area contributed by atoms with Crippen molar-refractivity contribution < 1.29 is 32.2 Å². The van der Waals surface area contributed by atoms with Gasteiger partial charge in [-0.2, -0.15) is 5.10 Å². The maximum atomic E-state index is 13.0. The quantitative estimate of drug-likeness (QED) is 0.671. The minimum atomic E-state index is -4.75.